The van der Waals surface area contributed by atoms with E-state index in [1.807, 2.05) is 13.8 Å². The number of rotatable bonds is 2. The highest BCUT2D eigenvalue weighted by molar-refractivity contribution is 6.34. The average Bonchev–Trinajstić information content (AvgIpc) is 2.30. The molecule has 0 aromatic carbocycles. The number of anilines is 1. The van der Waals surface area contributed by atoms with E-state index >= 15 is 0 Å². The normalized spacial score (nSPS) is 10.8. The molecule has 0 aliphatic heterocycles. The maximum atomic E-state index is 5.82. The quantitative estimate of drug-likeness (QED) is 0.771. The third kappa shape index (κ3) is 1.34. The first-order valence-corrected chi connectivity index (χ1v) is 4.03. The van der Waals surface area contributed by atoms with E-state index in [4.69, 9.17) is 22.1 Å². The van der Waals surface area contributed by atoms with Crippen LogP contribution in [-0.2, 0) is 0 Å². The average molecular weight is 190 g/mol. The highest BCUT2D eigenvalue weighted by atomic mass is 35.5. The molecule has 0 saturated carbocycles. The van der Waals surface area contributed by atoms with Gasteiger partial charge in [0.25, 0.3) is 5.88 Å². The van der Waals surface area contributed by atoms with Crippen LogP contribution in [0.5, 0.6) is 5.88 Å². The molecule has 0 aliphatic carbocycles. The fraction of sp³-hybridized carbons (Fsp3) is 0.571. The van der Waals surface area contributed by atoms with Gasteiger partial charge in [0.2, 0.25) is 0 Å². The fourth-order valence-electron chi connectivity index (χ4n) is 0.930. The van der Waals surface area contributed by atoms with Crippen molar-refractivity contribution in [3.63, 3.8) is 0 Å². The van der Waals surface area contributed by atoms with Crippen LogP contribution in [0.4, 0.5) is 5.82 Å². The third-order valence-electron chi connectivity index (χ3n) is 1.54. The Balaban J connectivity index is 3.16. The minimum Gasteiger partial charge on any atom is -0.479 e. The van der Waals surface area contributed by atoms with Crippen LogP contribution in [0.1, 0.15) is 19.9 Å². The number of nitrogens with two attached hydrogens (primary N) is 1. The summed E-state index contributed by atoms with van der Waals surface area (Å²) in [5.74, 6) is 0.825. The smallest absolute Gasteiger partial charge is 0.253 e. The Morgan fingerprint density at radius 2 is 2.17 bits per heavy atom. The van der Waals surface area contributed by atoms with E-state index < -0.39 is 0 Å². The minimum atomic E-state index is 0.186. The second-order valence-electron chi connectivity index (χ2n) is 2.75. The molecule has 1 rings (SSSR count). The van der Waals surface area contributed by atoms with Crippen LogP contribution >= 0.6 is 11.6 Å². The van der Waals surface area contributed by atoms with Gasteiger partial charge in [-0.25, -0.2) is 4.68 Å². The van der Waals surface area contributed by atoms with Gasteiger partial charge >= 0.3 is 0 Å². The monoisotopic (exact) mass is 189 g/mol. The second-order valence-corrected chi connectivity index (χ2v) is 3.12. The number of aromatic nitrogens is 2. The van der Waals surface area contributed by atoms with Gasteiger partial charge in [-0.1, -0.05) is 11.6 Å². The highest BCUT2D eigenvalue weighted by Gasteiger charge is 2.15. The van der Waals surface area contributed by atoms with Crippen LogP contribution in [-0.4, -0.2) is 16.9 Å². The molecule has 0 spiro atoms. The topological polar surface area (TPSA) is 53.1 Å². The first-order valence-electron chi connectivity index (χ1n) is 3.65. The molecule has 0 atom stereocenters. The number of ether oxygens (including phenoxy) is 1. The molecule has 0 bridgehead atoms. The molecule has 1 heterocycles. The van der Waals surface area contributed by atoms with Crippen molar-refractivity contribution in [2.45, 2.75) is 19.9 Å². The van der Waals surface area contributed by atoms with Crippen molar-refractivity contribution < 1.29 is 4.74 Å². The molecule has 0 fully saturated rings. The number of methoxy groups -OCH3 is 1. The van der Waals surface area contributed by atoms with Crippen molar-refractivity contribution in [3.8, 4) is 5.88 Å². The molecular formula is C7H12ClN3O. The summed E-state index contributed by atoms with van der Waals surface area (Å²) < 4.78 is 6.54. The van der Waals surface area contributed by atoms with E-state index in [1.54, 1.807) is 4.68 Å². The van der Waals surface area contributed by atoms with Crippen molar-refractivity contribution in [2.75, 3.05) is 12.8 Å². The first kappa shape index (κ1) is 9.19. The lowest BCUT2D eigenvalue weighted by Gasteiger charge is -2.05. The van der Waals surface area contributed by atoms with Gasteiger partial charge in [-0.3, -0.25) is 0 Å². The molecule has 0 aliphatic rings. The predicted octanol–water partition coefficient (Wildman–Crippen LogP) is 1.71. The number of halogens is 1. The molecule has 1 aromatic heterocycles. The summed E-state index contributed by atoms with van der Waals surface area (Å²) in [6.45, 7) is 3.94. The summed E-state index contributed by atoms with van der Waals surface area (Å²) in [7, 11) is 1.51. The lowest BCUT2D eigenvalue weighted by atomic mass is 10.4. The number of hydrogen-bond donors (Lipinski definition) is 1. The van der Waals surface area contributed by atoms with Gasteiger partial charge in [-0.05, 0) is 13.8 Å². The van der Waals surface area contributed by atoms with Gasteiger partial charge in [-0.2, -0.15) is 0 Å². The summed E-state index contributed by atoms with van der Waals surface area (Å²) in [6, 6.07) is 0.186. The van der Waals surface area contributed by atoms with Gasteiger partial charge in [0, 0.05) is 6.04 Å². The summed E-state index contributed by atoms with van der Waals surface area (Å²) in [6.07, 6.45) is 0. The predicted molar refractivity (Wildman–Crippen MR) is 48.6 cm³/mol. The van der Waals surface area contributed by atoms with Crippen molar-refractivity contribution in [3.05, 3.63) is 5.02 Å². The highest BCUT2D eigenvalue weighted by Crippen LogP contribution is 2.30. The standard InChI is InChI=1S/C7H12ClN3O/c1-4(2)11-6(9)5(8)7(10-11)12-3/h4H,9H2,1-3H3. The van der Waals surface area contributed by atoms with E-state index in [9.17, 15) is 0 Å². The van der Waals surface area contributed by atoms with Gasteiger partial charge < -0.3 is 10.5 Å². The van der Waals surface area contributed by atoms with Gasteiger partial charge in [0.15, 0.2) is 0 Å². The molecule has 0 saturated heterocycles. The summed E-state index contributed by atoms with van der Waals surface area (Å²) in [5.41, 5.74) is 5.67. The number of hydrogen-bond acceptors (Lipinski definition) is 3. The van der Waals surface area contributed by atoms with Crippen LogP contribution < -0.4 is 10.5 Å². The van der Waals surface area contributed by atoms with E-state index in [2.05, 4.69) is 5.10 Å². The summed E-state index contributed by atoms with van der Waals surface area (Å²) in [5, 5.41) is 4.45. The van der Waals surface area contributed by atoms with Crippen molar-refractivity contribution >= 4 is 17.4 Å². The van der Waals surface area contributed by atoms with Crippen molar-refractivity contribution in [1.82, 2.24) is 9.78 Å². The zero-order chi connectivity index (χ0) is 9.30. The van der Waals surface area contributed by atoms with E-state index in [0.29, 0.717) is 16.7 Å². The molecule has 0 amide bonds. The second kappa shape index (κ2) is 3.23. The van der Waals surface area contributed by atoms with Crippen molar-refractivity contribution in [2.24, 2.45) is 0 Å². The number of nitrogens with zero attached hydrogens (tertiary/aromatic N) is 2. The zero-order valence-electron chi connectivity index (χ0n) is 7.34. The minimum absolute atomic E-state index is 0.186. The largest absolute Gasteiger partial charge is 0.479 e. The molecule has 5 heteroatoms. The molecule has 12 heavy (non-hydrogen) atoms. The maximum absolute atomic E-state index is 5.82. The molecule has 0 unspecified atom stereocenters. The molecule has 0 radical (unpaired) electrons. The Labute approximate surface area is 76.3 Å². The Kier molecular flexibility index (Phi) is 2.47. The van der Waals surface area contributed by atoms with Crippen LogP contribution in [0.3, 0.4) is 0 Å². The van der Waals surface area contributed by atoms with Crippen molar-refractivity contribution in [1.29, 1.82) is 0 Å². The SMILES string of the molecule is COc1nn(C(C)C)c(N)c1Cl. The van der Waals surface area contributed by atoms with Crippen LogP contribution in [0.2, 0.25) is 5.02 Å². The van der Waals surface area contributed by atoms with Crippen LogP contribution in [0.15, 0.2) is 0 Å². The molecule has 4 nitrogen and oxygen atoms in total. The molecule has 2 N–H and O–H groups in total. The zero-order valence-corrected chi connectivity index (χ0v) is 8.09. The summed E-state index contributed by atoms with van der Waals surface area (Å²) in [4.78, 5) is 0. The lowest BCUT2D eigenvalue weighted by molar-refractivity contribution is 0.383. The number of nitrogen functional groups attached to an aromatic ring is 1. The van der Waals surface area contributed by atoms with E-state index in [-0.39, 0.29) is 6.04 Å². The molecular weight excluding hydrogens is 178 g/mol. The molecule has 1 aromatic rings. The van der Waals surface area contributed by atoms with Crippen LogP contribution in [0.25, 0.3) is 0 Å². The Hall–Kier alpha value is -0.900. The first-order chi connectivity index (χ1) is 5.57. The Bertz CT molecular complexity index is 282. The van der Waals surface area contributed by atoms with E-state index in [0.717, 1.165) is 0 Å². The summed E-state index contributed by atoms with van der Waals surface area (Å²) >= 11 is 5.82. The maximum Gasteiger partial charge on any atom is 0.253 e. The lowest BCUT2D eigenvalue weighted by Crippen LogP contribution is -2.06. The molecule has 68 valence electrons. The van der Waals surface area contributed by atoms with Gasteiger partial charge in [0.05, 0.1) is 7.11 Å². The Morgan fingerprint density at radius 1 is 1.58 bits per heavy atom. The van der Waals surface area contributed by atoms with Gasteiger partial charge in [-0.15, -0.1) is 5.10 Å². The van der Waals surface area contributed by atoms with Gasteiger partial charge in [0.1, 0.15) is 10.8 Å². The van der Waals surface area contributed by atoms with Crippen LogP contribution in [0, 0.1) is 0 Å². The fourth-order valence-corrected chi connectivity index (χ4v) is 1.13. The van der Waals surface area contributed by atoms with E-state index in [1.165, 1.54) is 7.11 Å². The Morgan fingerprint density at radius 3 is 2.42 bits per heavy atom. The third-order valence-corrected chi connectivity index (χ3v) is 1.90.